The molecule has 0 heterocycles. The summed E-state index contributed by atoms with van der Waals surface area (Å²) in [6, 6.07) is 0. The average molecular weight is 248 g/mol. The highest BCUT2D eigenvalue weighted by atomic mass is 32.2. The quantitative estimate of drug-likeness (QED) is 0.746. The summed E-state index contributed by atoms with van der Waals surface area (Å²) < 4.78 is 24.1. The van der Waals surface area contributed by atoms with Crippen molar-refractivity contribution >= 4 is 15.8 Å². The monoisotopic (exact) mass is 248 g/mol. The van der Waals surface area contributed by atoms with Crippen LogP contribution in [-0.4, -0.2) is 30.5 Å². The van der Waals surface area contributed by atoms with Crippen LogP contribution in [-0.2, 0) is 14.6 Å². The van der Waals surface area contributed by atoms with Crippen molar-refractivity contribution < 1.29 is 18.3 Å². The van der Waals surface area contributed by atoms with E-state index in [9.17, 15) is 13.2 Å². The van der Waals surface area contributed by atoms with Gasteiger partial charge in [-0.1, -0.05) is 13.8 Å². The molecule has 16 heavy (non-hydrogen) atoms. The molecule has 1 fully saturated rings. The van der Waals surface area contributed by atoms with Crippen LogP contribution in [0.5, 0.6) is 0 Å². The second kappa shape index (κ2) is 4.73. The van der Waals surface area contributed by atoms with Crippen LogP contribution in [0, 0.1) is 5.41 Å². The maximum Gasteiger partial charge on any atom is 0.303 e. The molecule has 94 valence electrons. The predicted octanol–water partition coefficient (Wildman–Crippen LogP) is 1.84. The Hall–Kier alpha value is -0.580. The van der Waals surface area contributed by atoms with Gasteiger partial charge in [-0.05, 0) is 31.1 Å². The predicted molar refractivity (Wildman–Crippen MR) is 62.1 cm³/mol. The van der Waals surface area contributed by atoms with E-state index in [1.165, 1.54) is 0 Å². The molecule has 1 aliphatic carbocycles. The fourth-order valence-corrected chi connectivity index (χ4v) is 4.71. The summed E-state index contributed by atoms with van der Waals surface area (Å²) in [6.07, 6.45) is 2.69. The van der Waals surface area contributed by atoms with Gasteiger partial charge < -0.3 is 5.11 Å². The summed E-state index contributed by atoms with van der Waals surface area (Å²) in [6.45, 7) is 3.73. The summed E-state index contributed by atoms with van der Waals surface area (Å²) in [4.78, 5) is 10.7. The maximum absolute atomic E-state index is 12.0. The van der Waals surface area contributed by atoms with E-state index >= 15 is 0 Å². The van der Waals surface area contributed by atoms with Crippen molar-refractivity contribution in [3.63, 3.8) is 0 Å². The molecule has 1 rings (SSSR count). The van der Waals surface area contributed by atoms with Crippen LogP contribution >= 0.6 is 0 Å². The number of rotatable bonds is 7. The Morgan fingerprint density at radius 1 is 1.31 bits per heavy atom. The van der Waals surface area contributed by atoms with Gasteiger partial charge in [-0.3, -0.25) is 4.79 Å². The Balaban J connectivity index is 2.69. The first-order chi connectivity index (χ1) is 7.35. The normalized spacial score (nSPS) is 18.7. The molecule has 5 heteroatoms. The first-order valence-corrected chi connectivity index (χ1v) is 7.50. The van der Waals surface area contributed by atoms with Gasteiger partial charge in [0.25, 0.3) is 0 Å². The molecule has 0 unspecified atom stereocenters. The topological polar surface area (TPSA) is 71.4 Å². The van der Waals surface area contributed by atoms with E-state index in [4.69, 9.17) is 5.11 Å². The average Bonchev–Trinajstić information content (AvgIpc) is 2.83. The lowest BCUT2D eigenvalue weighted by atomic mass is 10.1. The molecule has 0 aromatic carbocycles. The lowest BCUT2D eigenvalue weighted by Crippen LogP contribution is -2.28. The Labute approximate surface area is 97.0 Å². The Bertz CT molecular complexity index is 350. The molecule has 0 bridgehead atoms. The molecule has 4 nitrogen and oxygen atoms in total. The molecule has 0 aromatic rings. The van der Waals surface area contributed by atoms with E-state index in [0.29, 0.717) is 12.8 Å². The zero-order chi connectivity index (χ0) is 12.4. The fraction of sp³-hybridized carbons (Fsp3) is 0.909. The van der Waals surface area contributed by atoms with Crippen LogP contribution in [0.3, 0.4) is 0 Å². The highest BCUT2D eigenvalue weighted by Gasteiger charge is 2.48. The number of carboxylic acid groups (broad SMARTS) is 1. The van der Waals surface area contributed by atoms with Crippen molar-refractivity contribution in [1.82, 2.24) is 0 Å². The van der Waals surface area contributed by atoms with Crippen LogP contribution < -0.4 is 0 Å². The van der Waals surface area contributed by atoms with Gasteiger partial charge in [-0.25, -0.2) is 8.42 Å². The number of carboxylic acids is 1. The third kappa shape index (κ3) is 3.20. The van der Waals surface area contributed by atoms with Crippen molar-refractivity contribution in [2.45, 2.75) is 51.2 Å². The van der Waals surface area contributed by atoms with Crippen LogP contribution in [0.25, 0.3) is 0 Å². The SMILES string of the molecule is CCC(CC)S(=O)(=O)CC1(CC(=O)O)CC1. The van der Waals surface area contributed by atoms with Crippen molar-refractivity contribution in [2.75, 3.05) is 5.75 Å². The minimum Gasteiger partial charge on any atom is -0.481 e. The summed E-state index contributed by atoms with van der Waals surface area (Å²) >= 11 is 0. The molecule has 0 aliphatic heterocycles. The van der Waals surface area contributed by atoms with E-state index in [-0.39, 0.29) is 17.4 Å². The van der Waals surface area contributed by atoms with Crippen LogP contribution in [0.4, 0.5) is 0 Å². The van der Waals surface area contributed by atoms with Crippen LogP contribution in [0.15, 0.2) is 0 Å². The number of carbonyl (C=O) groups is 1. The molecule has 1 saturated carbocycles. The minimum absolute atomic E-state index is 0.00756. The zero-order valence-electron chi connectivity index (χ0n) is 9.90. The van der Waals surface area contributed by atoms with Gasteiger partial charge in [0.2, 0.25) is 0 Å². The van der Waals surface area contributed by atoms with E-state index in [2.05, 4.69) is 0 Å². The number of sulfone groups is 1. The molecule has 1 aliphatic rings. The van der Waals surface area contributed by atoms with E-state index in [0.717, 1.165) is 12.8 Å². The lowest BCUT2D eigenvalue weighted by Gasteiger charge is -2.18. The van der Waals surface area contributed by atoms with Crippen LogP contribution in [0.2, 0.25) is 0 Å². The molecular weight excluding hydrogens is 228 g/mol. The standard InChI is InChI=1S/C11H20O4S/c1-3-9(4-2)16(14,15)8-11(5-6-11)7-10(12)13/h9H,3-8H2,1-2H3,(H,12,13). The van der Waals surface area contributed by atoms with Gasteiger partial charge >= 0.3 is 5.97 Å². The molecule has 1 N–H and O–H groups in total. The van der Waals surface area contributed by atoms with Gasteiger partial charge in [-0.15, -0.1) is 0 Å². The minimum atomic E-state index is -3.13. The summed E-state index contributed by atoms with van der Waals surface area (Å²) in [7, 11) is -3.13. The number of hydrogen-bond acceptors (Lipinski definition) is 3. The third-order valence-corrected chi connectivity index (χ3v) is 6.11. The first-order valence-electron chi connectivity index (χ1n) is 5.78. The van der Waals surface area contributed by atoms with Gasteiger partial charge in [-0.2, -0.15) is 0 Å². The Morgan fingerprint density at radius 2 is 1.81 bits per heavy atom. The highest BCUT2D eigenvalue weighted by Crippen LogP contribution is 2.50. The summed E-state index contributed by atoms with van der Waals surface area (Å²) in [5.74, 6) is -0.837. The smallest absolute Gasteiger partial charge is 0.303 e. The Kier molecular flexibility index (Phi) is 3.99. The molecular formula is C11H20O4S. The van der Waals surface area contributed by atoms with Crippen molar-refractivity contribution in [2.24, 2.45) is 5.41 Å². The molecule has 0 amide bonds. The van der Waals surface area contributed by atoms with Gasteiger partial charge in [0, 0.05) is 0 Å². The van der Waals surface area contributed by atoms with Gasteiger partial charge in [0.1, 0.15) is 0 Å². The zero-order valence-corrected chi connectivity index (χ0v) is 10.7. The molecule has 0 spiro atoms. The Morgan fingerprint density at radius 3 is 2.12 bits per heavy atom. The first kappa shape index (κ1) is 13.5. The molecule has 0 saturated heterocycles. The van der Waals surface area contributed by atoms with Crippen molar-refractivity contribution in [1.29, 1.82) is 0 Å². The number of hydrogen-bond donors (Lipinski definition) is 1. The largest absolute Gasteiger partial charge is 0.481 e. The van der Waals surface area contributed by atoms with E-state index in [1.54, 1.807) is 0 Å². The fourth-order valence-electron chi connectivity index (χ4n) is 2.21. The maximum atomic E-state index is 12.0. The van der Waals surface area contributed by atoms with E-state index in [1.807, 2.05) is 13.8 Å². The van der Waals surface area contributed by atoms with Crippen molar-refractivity contribution in [3.05, 3.63) is 0 Å². The number of aliphatic carboxylic acids is 1. The third-order valence-electron chi connectivity index (χ3n) is 3.41. The second-order valence-electron chi connectivity index (χ2n) is 4.82. The van der Waals surface area contributed by atoms with Crippen molar-refractivity contribution in [3.8, 4) is 0 Å². The molecule has 0 atom stereocenters. The second-order valence-corrected chi connectivity index (χ2v) is 7.10. The lowest BCUT2D eigenvalue weighted by molar-refractivity contribution is -0.138. The molecule has 0 aromatic heterocycles. The highest BCUT2D eigenvalue weighted by molar-refractivity contribution is 7.92. The van der Waals surface area contributed by atoms with Gasteiger partial charge in [0.05, 0.1) is 17.4 Å². The summed E-state index contributed by atoms with van der Waals surface area (Å²) in [5.41, 5.74) is -0.451. The van der Waals surface area contributed by atoms with E-state index < -0.39 is 21.2 Å². The molecule has 0 radical (unpaired) electrons. The van der Waals surface area contributed by atoms with Gasteiger partial charge in [0.15, 0.2) is 9.84 Å². The van der Waals surface area contributed by atoms with Crippen LogP contribution in [0.1, 0.15) is 46.0 Å². The summed E-state index contributed by atoms with van der Waals surface area (Å²) in [5, 5.41) is 8.44.